The molecule has 0 atom stereocenters. The smallest absolute Gasteiger partial charge is 0.406 e. The number of ether oxygens (including phenoxy) is 1. The van der Waals surface area contributed by atoms with E-state index in [2.05, 4.69) is 15.0 Å². The maximum absolute atomic E-state index is 12.1. The third kappa shape index (κ3) is 7.80. The van der Waals surface area contributed by atoms with E-state index >= 15 is 0 Å². The van der Waals surface area contributed by atoms with Crippen LogP contribution in [0.15, 0.2) is 29.3 Å². The van der Waals surface area contributed by atoms with E-state index in [1.165, 1.54) is 12.1 Å². The fraction of sp³-hybridized carbons (Fsp3) is 0.467. The molecule has 1 aliphatic heterocycles. The van der Waals surface area contributed by atoms with Crippen LogP contribution in [0.2, 0.25) is 0 Å². The van der Waals surface area contributed by atoms with Gasteiger partial charge in [0.05, 0.1) is 0 Å². The predicted octanol–water partition coefficient (Wildman–Crippen LogP) is 2.94. The molecule has 0 bridgehead atoms. The number of carbonyl (C=O) groups excluding carboxylic acids is 1. The number of guanidine groups is 1. The van der Waals surface area contributed by atoms with Crippen molar-refractivity contribution in [3.8, 4) is 5.75 Å². The van der Waals surface area contributed by atoms with E-state index in [-0.39, 0.29) is 48.1 Å². The Hall–Kier alpha value is -1.72. The summed E-state index contributed by atoms with van der Waals surface area (Å²) in [6.45, 7) is 1.42. The summed E-state index contributed by atoms with van der Waals surface area (Å²) in [7, 11) is 0. The minimum absolute atomic E-state index is 0. The fourth-order valence-corrected chi connectivity index (χ4v) is 2.32. The summed E-state index contributed by atoms with van der Waals surface area (Å²) in [4.78, 5) is 17.7. The van der Waals surface area contributed by atoms with Gasteiger partial charge < -0.3 is 20.7 Å². The molecule has 25 heavy (non-hydrogen) atoms. The third-order valence-corrected chi connectivity index (χ3v) is 3.45. The number of piperidine rings is 1. The molecule has 140 valence electrons. The molecule has 0 spiro atoms. The van der Waals surface area contributed by atoms with Crippen LogP contribution >= 0.6 is 24.0 Å². The van der Waals surface area contributed by atoms with E-state index in [0.717, 1.165) is 44.5 Å². The zero-order chi connectivity index (χ0) is 17.6. The summed E-state index contributed by atoms with van der Waals surface area (Å²) < 4.78 is 40.0. The van der Waals surface area contributed by atoms with Gasteiger partial charge in [-0.15, -0.1) is 37.1 Å². The van der Waals surface area contributed by atoms with Crippen molar-refractivity contribution in [1.29, 1.82) is 0 Å². The lowest BCUT2D eigenvalue weighted by atomic mass is 10.1. The highest BCUT2D eigenvalue weighted by molar-refractivity contribution is 14.0. The van der Waals surface area contributed by atoms with Crippen LogP contribution in [0.3, 0.4) is 0 Å². The molecule has 10 heteroatoms. The molecule has 0 saturated carbocycles. The number of likely N-dealkylation sites (tertiary alicyclic amines) is 1. The molecule has 3 N–H and O–H groups in total. The number of amides is 1. The molecule has 1 fully saturated rings. The van der Waals surface area contributed by atoms with E-state index in [4.69, 9.17) is 5.73 Å². The number of hydrogen-bond donors (Lipinski definition) is 2. The van der Waals surface area contributed by atoms with Crippen LogP contribution in [0.5, 0.6) is 5.75 Å². The minimum Gasteiger partial charge on any atom is -0.406 e. The lowest BCUT2D eigenvalue weighted by Crippen LogP contribution is -2.37. The molecular formula is C15H20F3IN4O2. The van der Waals surface area contributed by atoms with E-state index in [1.54, 1.807) is 4.90 Å². The number of anilines is 1. The van der Waals surface area contributed by atoms with Crippen LogP contribution < -0.4 is 15.8 Å². The Morgan fingerprint density at radius 1 is 1.20 bits per heavy atom. The van der Waals surface area contributed by atoms with Gasteiger partial charge in [-0.1, -0.05) is 0 Å². The van der Waals surface area contributed by atoms with Crippen molar-refractivity contribution in [2.75, 3.05) is 25.0 Å². The number of hydrogen-bond acceptors (Lipinski definition) is 3. The Balaban J connectivity index is 0.00000312. The average Bonchev–Trinajstić information content (AvgIpc) is 2.54. The molecule has 1 aliphatic rings. The van der Waals surface area contributed by atoms with Crippen LogP contribution in [-0.2, 0) is 4.79 Å². The lowest BCUT2D eigenvalue weighted by Gasteiger charge is -2.26. The molecule has 0 unspecified atom stereocenters. The van der Waals surface area contributed by atoms with E-state index in [9.17, 15) is 18.0 Å². The van der Waals surface area contributed by atoms with Gasteiger partial charge in [0.15, 0.2) is 5.96 Å². The standard InChI is InChI=1S/C15H19F3N4O2.HI/c16-15(17,18)24-12-6-4-11(5-7-12)21-14(19)20-10-13(23)22-8-2-1-3-9-22;/h4-7H,1-3,8-10H2,(H3,19,20,21);1H. The second kappa shape index (κ2) is 9.68. The van der Waals surface area contributed by atoms with Crippen LogP contribution in [-0.4, -0.2) is 42.8 Å². The molecule has 0 radical (unpaired) electrons. The SMILES string of the molecule is I.NC(=NCC(=O)N1CCCCC1)Nc1ccc(OC(F)(F)F)cc1. The number of rotatable bonds is 4. The summed E-state index contributed by atoms with van der Waals surface area (Å²) in [5, 5.41) is 2.71. The van der Waals surface area contributed by atoms with Crippen LogP contribution in [0.25, 0.3) is 0 Å². The fourth-order valence-electron chi connectivity index (χ4n) is 2.32. The van der Waals surface area contributed by atoms with E-state index in [1.807, 2.05) is 0 Å². The van der Waals surface area contributed by atoms with Gasteiger partial charge in [0, 0.05) is 18.8 Å². The second-order valence-corrected chi connectivity index (χ2v) is 5.34. The quantitative estimate of drug-likeness (QED) is 0.402. The van der Waals surface area contributed by atoms with Crippen molar-refractivity contribution >= 4 is 41.5 Å². The van der Waals surface area contributed by atoms with Crippen LogP contribution in [0, 0.1) is 0 Å². The molecular weight excluding hydrogens is 452 g/mol. The lowest BCUT2D eigenvalue weighted by molar-refractivity contribution is -0.274. The highest BCUT2D eigenvalue weighted by Gasteiger charge is 2.30. The second-order valence-electron chi connectivity index (χ2n) is 5.34. The predicted molar refractivity (Wildman–Crippen MR) is 99.1 cm³/mol. The molecule has 1 heterocycles. The number of nitrogens with zero attached hydrogens (tertiary/aromatic N) is 2. The molecule has 0 aliphatic carbocycles. The Labute approximate surface area is 160 Å². The first kappa shape index (κ1) is 21.3. The van der Waals surface area contributed by atoms with Crippen molar-refractivity contribution in [2.45, 2.75) is 25.6 Å². The number of aliphatic imine (C=N–C) groups is 1. The number of halogens is 4. The summed E-state index contributed by atoms with van der Waals surface area (Å²) in [6, 6.07) is 5.05. The molecule has 1 amide bonds. The highest BCUT2D eigenvalue weighted by Crippen LogP contribution is 2.23. The molecule has 2 rings (SSSR count). The molecule has 1 aromatic carbocycles. The molecule has 1 saturated heterocycles. The molecule has 1 aromatic rings. The Bertz CT molecular complexity index is 587. The van der Waals surface area contributed by atoms with E-state index < -0.39 is 6.36 Å². The largest absolute Gasteiger partial charge is 0.573 e. The van der Waals surface area contributed by atoms with Gasteiger partial charge in [0.25, 0.3) is 0 Å². The van der Waals surface area contributed by atoms with Gasteiger partial charge in [0.1, 0.15) is 12.3 Å². The topological polar surface area (TPSA) is 80.0 Å². The maximum Gasteiger partial charge on any atom is 0.573 e. The number of nitrogens with one attached hydrogen (secondary N) is 1. The van der Waals surface area contributed by atoms with Gasteiger partial charge in [-0.05, 0) is 43.5 Å². The van der Waals surface area contributed by atoms with Crippen molar-refractivity contribution in [2.24, 2.45) is 10.7 Å². The van der Waals surface area contributed by atoms with Crippen molar-refractivity contribution < 1.29 is 22.7 Å². The Morgan fingerprint density at radius 2 is 1.80 bits per heavy atom. The van der Waals surface area contributed by atoms with Crippen molar-refractivity contribution in [3.05, 3.63) is 24.3 Å². The van der Waals surface area contributed by atoms with Gasteiger partial charge in [0.2, 0.25) is 5.91 Å². The zero-order valence-electron chi connectivity index (χ0n) is 13.4. The third-order valence-electron chi connectivity index (χ3n) is 3.45. The first-order chi connectivity index (χ1) is 11.3. The number of alkyl halides is 3. The molecule has 6 nitrogen and oxygen atoms in total. The van der Waals surface area contributed by atoms with Crippen molar-refractivity contribution in [3.63, 3.8) is 0 Å². The maximum atomic E-state index is 12.1. The van der Waals surface area contributed by atoms with Gasteiger partial charge >= 0.3 is 6.36 Å². The van der Waals surface area contributed by atoms with Gasteiger partial charge in [-0.25, -0.2) is 4.99 Å². The minimum atomic E-state index is -4.73. The van der Waals surface area contributed by atoms with Crippen LogP contribution in [0.4, 0.5) is 18.9 Å². The first-order valence-corrected chi connectivity index (χ1v) is 7.54. The van der Waals surface area contributed by atoms with E-state index in [0.29, 0.717) is 5.69 Å². The van der Waals surface area contributed by atoms with Crippen LogP contribution in [0.1, 0.15) is 19.3 Å². The van der Waals surface area contributed by atoms with Crippen molar-refractivity contribution in [1.82, 2.24) is 4.90 Å². The normalized spacial score (nSPS) is 15.3. The summed E-state index contributed by atoms with van der Waals surface area (Å²) in [5.41, 5.74) is 6.12. The Kier molecular flexibility index (Phi) is 8.26. The summed E-state index contributed by atoms with van der Waals surface area (Å²) in [6.07, 6.45) is -1.61. The number of benzene rings is 1. The number of nitrogens with two attached hydrogens (primary N) is 1. The average molecular weight is 472 g/mol. The van der Waals surface area contributed by atoms with Gasteiger partial charge in [-0.3, -0.25) is 4.79 Å². The number of carbonyl (C=O) groups is 1. The first-order valence-electron chi connectivity index (χ1n) is 7.54. The highest BCUT2D eigenvalue weighted by atomic mass is 127. The molecule has 0 aromatic heterocycles. The van der Waals surface area contributed by atoms with Gasteiger partial charge in [-0.2, -0.15) is 0 Å². The monoisotopic (exact) mass is 472 g/mol. The summed E-state index contributed by atoms with van der Waals surface area (Å²) in [5.74, 6) is -0.401. The summed E-state index contributed by atoms with van der Waals surface area (Å²) >= 11 is 0. The Morgan fingerprint density at radius 3 is 2.36 bits per heavy atom. The zero-order valence-corrected chi connectivity index (χ0v) is 15.7.